The minimum absolute atomic E-state index is 0.0607. The summed E-state index contributed by atoms with van der Waals surface area (Å²) in [6, 6.07) is 6.18. The van der Waals surface area contributed by atoms with Crippen molar-refractivity contribution in [2.24, 2.45) is 5.41 Å². The Kier molecular flexibility index (Phi) is 4.18. The van der Waals surface area contributed by atoms with Gasteiger partial charge in [-0.1, -0.05) is 26.0 Å². The second-order valence-electron chi connectivity index (χ2n) is 5.24. The van der Waals surface area contributed by atoms with Crippen molar-refractivity contribution in [2.75, 3.05) is 13.2 Å². The molecule has 0 unspecified atom stereocenters. The van der Waals surface area contributed by atoms with Crippen molar-refractivity contribution in [3.05, 3.63) is 24.3 Å². The van der Waals surface area contributed by atoms with Crippen molar-refractivity contribution in [3.63, 3.8) is 0 Å². The van der Waals surface area contributed by atoms with Gasteiger partial charge < -0.3 is 9.31 Å². The van der Waals surface area contributed by atoms with Crippen molar-refractivity contribution in [1.82, 2.24) is 0 Å². The highest BCUT2D eigenvalue weighted by molar-refractivity contribution is 8.00. The fourth-order valence-electron chi connectivity index (χ4n) is 1.74. The molecule has 7 heteroatoms. The van der Waals surface area contributed by atoms with Crippen LogP contribution in [0.2, 0.25) is 0 Å². The van der Waals surface area contributed by atoms with Crippen LogP contribution in [0.25, 0.3) is 0 Å². The second-order valence-corrected chi connectivity index (χ2v) is 6.38. The van der Waals surface area contributed by atoms with Crippen LogP contribution in [0, 0.1) is 5.41 Å². The van der Waals surface area contributed by atoms with Gasteiger partial charge in [-0.15, -0.1) is 0 Å². The molecule has 1 fully saturated rings. The van der Waals surface area contributed by atoms with Gasteiger partial charge in [0, 0.05) is 23.5 Å². The number of rotatable bonds is 2. The largest absolute Gasteiger partial charge is 0.493 e. The first-order chi connectivity index (χ1) is 8.75. The molecule has 1 aromatic rings. The molecule has 0 bridgehead atoms. The maximum Gasteiger partial charge on any atom is 0.493 e. The van der Waals surface area contributed by atoms with Gasteiger partial charge in [0.05, 0.1) is 0 Å². The summed E-state index contributed by atoms with van der Waals surface area (Å²) in [5.41, 5.74) is -3.73. The van der Waals surface area contributed by atoms with Crippen LogP contribution < -0.4 is 5.46 Å². The van der Waals surface area contributed by atoms with Gasteiger partial charge in [0.15, 0.2) is 0 Å². The highest BCUT2D eigenvalue weighted by Gasteiger charge is 2.34. The van der Waals surface area contributed by atoms with Crippen molar-refractivity contribution < 1.29 is 22.5 Å². The summed E-state index contributed by atoms with van der Waals surface area (Å²) in [4.78, 5) is 0.141. The summed E-state index contributed by atoms with van der Waals surface area (Å²) >= 11 is -0.132. The van der Waals surface area contributed by atoms with Gasteiger partial charge in [-0.3, -0.25) is 0 Å². The maximum absolute atomic E-state index is 12.3. The third-order valence-corrected chi connectivity index (χ3v) is 3.34. The Morgan fingerprint density at radius 2 is 1.84 bits per heavy atom. The molecule has 104 valence electrons. The lowest BCUT2D eigenvalue weighted by molar-refractivity contribution is -0.0328. The average Bonchev–Trinajstić information content (AvgIpc) is 2.27. The lowest BCUT2D eigenvalue weighted by atomic mass is 9.76. The lowest BCUT2D eigenvalue weighted by Crippen LogP contribution is -2.47. The third kappa shape index (κ3) is 4.44. The SMILES string of the molecule is CC1(C)COB(c2cccc(SC(F)(F)F)c2)OC1. The molecule has 1 aliphatic heterocycles. The highest BCUT2D eigenvalue weighted by Crippen LogP contribution is 2.36. The molecule has 1 saturated heterocycles. The number of hydrogen-bond acceptors (Lipinski definition) is 3. The predicted octanol–water partition coefficient (Wildman–Crippen LogP) is 3.07. The smallest absolute Gasteiger partial charge is 0.407 e. The molecule has 19 heavy (non-hydrogen) atoms. The van der Waals surface area contributed by atoms with E-state index in [1.165, 1.54) is 12.1 Å². The maximum atomic E-state index is 12.3. The van der Waals surface area contributed by atoms with Crippen LogP contribution >= 0.6 is 11.8 Å². The molecular formula is C12H14BF3O2S. The van der Waals surface area contributed by atoms with E-state index < -0.39 is 12.6 Å². The van der Waals surface area contributed by atoms with Crippen molar-refractivity contribution >= 4 is 24.3 Å². The van der Waals surface area contributed by atoms with Gasteiger partial charge in [0.25, 0.3) is 0 Å². The van der Waals surface area contributed by atoms with Gasteiger partial charge in [0.1, 0.15) is 0 Å². The second kappa shape index (κ2) is 5.38. The normalized spacial score (nSPS) is 19.5. The molecule has 0 aromatic heterocycles. The molecule has 1 aliphatic rings. The van der Waals surface area contributed by atoms with Crippen LogP contribution in [0.4, 0.5) is 13.2 Å². The molecule has 0 radical (unpaired) electrons. The summed E-state index contributed by atoms with van der Waals surface area (Å²) in [6.45, 7) is 5.07. The van der Waals surface area contributed by atoms with Gasteiger partial charge in [-0.05, 0) is 29.4 Å². The van der Waals surface area contributed by atoms with E-state index in [0.717, 1.165) is 0 Å². The van der Waals surface area contributed by atoms with Crippen LogP contribution in [0.3, 0.4) is 0 Å². The molecule has 1 aromatic carbocycles. The quantitative estimate of drug-likeness (QED) is 0.616. The van der Waals surface area contributed by atoms with Crippen molar-refractivity contribution in [2.45, 2.75) is 24.3 Å². The van der Waals surface area contributed by atoms with Crippen LogP contribution in [0.15, 0.2) is 29.2 Å². The Morgan fingerprint density at radius 1 is 1.21 bits per heavy atom. The predicted molar refractivity (Wildman–Crippen MR) is 69.4 cm³/mol. The van der Waals surface area contributed by atoms with Crippen LogP contribution in [0.5, 0.6) is 0 Å². The summed E-state index contributed by atoms with van der Waals surface area (Å²) in [5, 5.41) is 0. The number of halogens is 3. The van der Waals surface area contributed by atoms with Gasteiger partial charge in [-0.2, -0.15) is 13.2 Å². The number of benzene rings is 1. The lowest BCUT2D eigenvalue weighted by Gasteiger charge is -2.33. The fraction of sp³-hybridized carbons (Fsp3) is 0.500. The molecule has 2 nitrogen and oxygen atoms in total. The number of thioether (sulfide) groups is 1. The standard InChI is InChI=1S/C12H14BF3O2S/c1-11(2)7-17-13(18-8-11)9-4-3-5-10(6-9)19-12(14,15)16/h3-6H,7-8H2,1-2H3. The molecule has 0 amide bonds. The zero-order valence-electron chi connectivity index (χ0n) is 10.7. The van der Waals surface area contributed by atoms with Gasteiger partial charge in [0.2, 0.25) is 0 Å². The zero-order valence-corrected chi connectivity index (χ0v) is 11.5. The topological polar surface area (TPSA) is 18.5 Å². The first-order valence-electron chi connectivity index (χ1n) is 5.84. The monoisotopic (exact) mass is 290 g/mol. The zero-order chi connectivity index (χ0) is 14.1. The molecule has 0 saturated carbocycles. The Hall–Kier alpha value is -0.655. The molecular weight excluding hydrogens is 276 g/mol. The minimum atomic E-state index is -4.28. The van der Waals surface area contributed by atoms with Crippen LogP contribution in [-0.4, -0.2) is 25.8 Å². The Morgan fingerprint density at radius 3 is 2.42 bits per heavy atom. The van der Waals surface area contributed by atoms with Crippen LogP contribution in [0.1, 0.15) is 13.8 Å². The Bertz CT molecular complexity index is 441. The molecule has 0 atom stereocenters. The first-order valence-corrected chi connectivity index (χ1v) is 6.66. The summed E-state index contributed by atoms with van der Waals surface area (Å²) in [6.07, 6.45) is 0. The highest BCUT2D eigenvalue weighted by atomic mass is 32.2. The fourth-order valence-corrected chi connectivity index (χ4v) is 2.35. The van der Waals surface area contributed by atoms with E-state index in [1.54, 1.807) is 12.1 Å². The molecule has 1 heterocycles. The van der Waals surface area contributed by atoms with Crippen molar-refractivity contribution in [3.8, 4) is 0 Å². The third-order valence-electron chi connectivity index (χ3n) is 2.61. The minimum Gasteiger partial charge on any atom is -0.407 e. The summed E-state index contributed by atoms with van der Waals surface area (Å²) < 4.78 is 48.1. The summed E-state index contributed by atoms with van der Waals surface area (Å²) in [7, 11) is -0.582. The van der Waals surface area contributed by atoms with E-state index in [0.29, 0.717) is 18.7 Å². The van der Waals surface area contributed by atoms with E-state index in [9.17, 15) is 13.2 Å². The van der Waals surface area contributed by atoms with E-state index in [1.807, 2.05) is 13.8 Å². The Labute approximate surface area is 114 Å². The van der Waals surface area contributed by atoms with Gasteiger partial charge >= 0.3 is 12.6 Å². The van der Waals surface area contributed by atoms with E-state index in [2.05, 4.69) is 0 Å². The molecule has 0 spiro atoms. The number of hydrogen-bond donors (Lipinski definition) is 0. The molecule has 0 aliphatic carbocycles. The first kappa shape index (κ1) is 14.7. The number of alkyl halides is 3. The van der Waals surface area contributed by atoms with E-state index in [-0.39, 0.29) is 22.1 Å². The molecule has 0 N–H and O–H groups in total. The van der Waals surface area contributed by atoms with Crippen LogP contribution in [-0.2, 0) is 9.31 Å². The van der Waals surface area contributed by atoms with E-state index >= 15 is 0 Å². The van der Waals surface area contributed by atoms with E-state index in [4.69, 9.17) is 9.31 Å². The Balaban J connectivity index is 2.07. The van der Waals surface area contributed by atoms with Gasteiger partial charge in [-0.25, -0.2) is 0 Å². The summed E-state index contributed by atoms with van der Waals surface area (Å²) in [5.74, 6) is 0. The van der Waals surface area contributed by atoms with Crippen molar-refractivity contribution in [1.29, 1.82) is 0 Å². The molecule has 2 rings (SSSR count). The average molecular weight is 290 g/mol.